The first kappa shape index (κ1) is 65.0. The molecule has 8 atom stereocenters. The van der Waals surface area contributed by atoms with Crippen LogP contribution in [0, 0.1) is 0 Å². The van der Waals surface area contributed by atoms with Crippen molar-refractivity contribution >= 4 is 35.4 Å². The highest BCUT2D eigenvalue weighted by atomic mass is 31.2. The highest BCUT2D eigenvalue weighted by Gasteiger charge is 2.58. The van der Waals surface area contributed by atoms with Crippen LogP contribution in [0.25, 0.3) is 0 Å². The van der Waals surface area contributed by atoms with Crippen molar-refractivity contribution in [2.75, 3.05) is 13.2 Å². The van der Waals surface area contributed by atoms with Gasteiger partial charge in [0.2, 0.25) is 0 Å². The summed E-state index contributed by atoms with van der Waals surface area (Å²) in [6, 6.07) is 0. The molecule has 0 aromatic heterocycles. The first-order valence-corrected chi connectivity index (χ1v) is 28.8. The van der Waals surface area contributed by atoms with Gasteiger partial charge < -0.3 is 24.8 Å². The number of hydrogen-bond donors (Lipinski definition) is 8. The van der Waals surface area contributed by atoms with Crippen molar-refractivity contribution in [2.45, 2.75) is 236 Å². The molecule has 1 aliphatic rings. The fraction of sp³-hybridized carbons (Fsp3) is 0.951. The molecule has 1 aliphatic carbocycles. The van der Waals surface area contributed by atoms with Crippen molar-refractivity contribution < 1.29 is 89.3 Å². The lowest BCUT2D eigenvalue weighted by atomic mass is 9.85. The summed E-state index contributed by atoms with van der Waals surface area (Å²) in [6.45, 7) is 3.05. The maximum Gasteiger partial charge on any atom is 0.508 e. The van der Waals surface area contributed by atoms with E-state index in [0.29, 0.717) is 12.8 Å². The summed E-state index contributed by atoms with van der Waals surface area (Å²) in [5, 5.41) is 33.2. The molecule has 0 aliphatic heterocycles. The molecule has 1 fully saturated rings. The molecule has 0 heterocycles. The van der Waals surface area contributed by atoms with E-state index in [0.717, 1.165) is 51.4 Å². The second-order valence-electron chi connectivity index (χ2n) is 17.1. The third kappa shape index (κ3) is 27.7. The van der Waals surface area contributed by atoms with Crippen LogP contribution in [0.4, 0.5) is 0 Å². The Morgan fingerprint density at radius 3 is 1.10 bits per heavy atom. The number of ether oxygens (including phenoxy) is 2. The average Bonchev–Trinajstić information content (AvgIpc) is 3.34. The Bertz CT molecular complexity index is 1450. The van der Waals surface area contributed by atoms with Crippen LogP contribution in [0.1, 0.15) is 194 Å². The molecule has 0 saturated heterocycles. The summed E-state index contributed by atoms with van der Waals surface area (Å²) < 4.78 is 91.4. The molecule has 1 rings (SSSR count). The lowest BCUT2D eigenvalue weighted by Crippen LogP contribution is -2.65. The summed E-state index contributed by atoms with van der Waals surface area (Å²) in [4.78, 5) is 25.8. The van der Waals surface area contributed by atoms with Crippen molar-refractivity contribution in [2.24, 2.45) is 29.5 Å². The maximum absolute atomic E-state index is 13.8. The number of unbranched alkanes of at least 4 members (excludes halogenated alkanes) is 24. The summed E-state index contributed by atoms with van der Waals surface area (Å²) in [5.74, 6) is 23.8. The standard InChI is InChI=1S/C41H86N5O19P3/c1-3-5-7-9-11-13-15-17-19-21-23-25-27-29-34(47)55-31-33(57-35(48)30-28-26-24-22-20-18-16-14-12-10-8-6-4-2)32-56-66(52,61-42)58-39-36(49)37(50)40(59-67(53,62-43)63-44)41(38(39)51)60-68(54,64-45)65-46/h33,36-41,49-51H,3-32,42-46H2,1-2H3/t33-,36-,37+,38+,39-,40-,41-,66?/m1/s1. The zero-order valence-corrected chi connectivity index (χ0v) is 43.0. The van der Waals surface area contributed by atoms with Gasteiger partial charge in [-0.05, 0) is 12.8 Å². The van der Waals surface area contributed by atoms with Gasteiger partial charge in [0.1, 0.15) is 43.2 Å². The SMILES string of the molecule is CCCCCCCCCCCCCCCC(=O)OC[C@H](COP(=O)(ON)O[C@@H]1[C@H](O)[C@H](O)[C@@H](OP(=O)(ON)ON)[C@H](OP(=O)(ON)ON)[C@H]1O)OC(=O)CCCCCCCCCCCCCCC. The van der Waals surface area contributed by atoms with Crippen molar-refractivity contribution in [3.05, 3.63) is 0 Å². The molecule has 0 aromatic carbocycles. The molecule has 0 aromatic rings. The van der Waals surface area contributed by atoms with E-state index in [1.165, 1.54) is 103 Å². The maximum atomic E-state index is 13.8. The molecule has 68 heavy (non-hydrogen) atoms. The predicted octanol–water partition coefficient (Wildman–Crippen LogP) is 7.45. The molecule has 0 bridgehead atoms. The third-order valence-corrected chi connectivity index (χ3v) is 14.8. The number of carbonyl (C=O) groups excluding carboxylic acids is 2. The fourth-order valence-electron chi connectivity index (χ4n) is 7.59. The molecule has 13 N–H and O–H groups in total. The van der Waals surface area contributed by atoms with E-state index in [1.807, 2.05) is 0 Å². The number of carbonyl (C=O) groups is 2. The Balaban J connectivity index is 2.93. The highest BCUT2D eigenvalue weighted by Crippen LogP contribution is 2.56. The quantitative estimate of drug-likeness (QED) is 0.0127. The lowest BCUT2D eigenvalue weighted by molar-refractivity contribution is -0.215. The first-order valence-electron chi connectivity index (χ1n) is 24.4. The number of hydrogen-bond acceptors (Lipinski definition) is 24. The monoisotopic (exact) mass is 1050 g/mol. The Kier molecular flexibility index (Phi) is 36.8. The summed E-state index contributed by atoms with van der Waals surface area (Å²) in [5.41, 5.74) is 0. The molecular weight excluding hydrogens is 959 g/mol. The van der Waals surface area contributed by atoms with Crippen molar-refractivity contribution in [1.82, 2.24) is 0 Å². The number of esters is 2. The Morgan fingerprint density at radius 1 is 0.426 bits per heavy atom. The van der Waals surface area contributed by atoms with Crippen molar-refractivity contribution in [3.8, 4) is 0 Å². The molecule has 0 spiro atoms. The van der Waals surface area contributed by atoms with Gasteiger partial charge in [-0.1, -0.05) is 168 Å². The third-order valence-electron chi connectivity index (χ3n) is 11.5. The van der Waals surface area contributed by atoms with E-state index < -0.39 is 91.3 Å². The van der Waals surface area contributed by atoms with E-state index >= 15 is 0 Å². The number of rotatable bonds is 45. The molecule has 24 nitrogen and oxygen atoms in total. The minimum Gasteiger partial charge on any atom is -0.462 e. The zero-order chi connectivity index (χ0) is 50.7. The minimum atomic E-state index is -5.18. The van der Waals surface area contributed by atoms with Crippen molar-refractivity contribution in [3.63, 3.8) is 0 Å². The summed E-state index contributed by atoms with van der Waals surface area (Å²) in [7, 11) is -15.2. The van der Waals surface area contributed by atoms with E-state index in [9.17, 15) is 38.6 Å². The second-order valence-corrected chi connectivity index (χ2v) is 21.8. The Labute approximate surface area is 402 Å². The smallest absolute Gasteiger partial charge is 0.462 e. The molecule has 1 saturated carbocycles. The Morgan fingerprint density at radius 2 is 0.735 bits per heavy atom. The normalized spacial score (nSPS) is 21.4. The van der Waals surface area contributed by atoms with Crippen LogP contribution >= 0.6 is 23.5 Å². The first-order chi connectivity index (χ1) is 32.6. The van der Waals surface area contributed by atoms with E-state index in [1.54, 1.807) is 0 Å². The van der Waals surface area contributed by atoms with Gasteiger partial charge in [0, 0.05) is 12.8 Å². The van der Waals surface area contributed by atoms with Gasteiger partial charge in [-0.2, -0.15) is 18.5 Å². The van der Waals surface area contributed by atoms with Crippen LogP contribution in [0.15, 0.2) is 0 Å². The van der Waals surface area contributed by atoms with Gasteiger partial charge in [-0.25, -0.2) is 47.8 Å². The summed E-state index contributed by atoms with van der Waals surface area (Å²) in [6.07, 6.45) is 13.6. The zero-order valence-electron chi connectivity index (χ0n) is 40.4. The van der Waals surface area contributed by atoms with Crippen LogP contribution in [0.3, 0.4) is 0 Å². The van der Waals surface area contributed by atoms with Crippen LogP contribution < -0.4 is 29.5 Å². The fourth-order valence-corrected chi connectivity index (χ4v) is 10.0. The largest absolute Gasteiger partial charge is 0.508 e. The number of aliphatic hydroxyl groups excluding tert-OH is 3. The topological polar surface area (TPSA) is 378 Å². The van der Waals surface area contributed by atoms with Crippen LogP contribution in [-0.2, 0) is 74.0 Å². The Hall–Kier alpha value is -1.05. The van der Waals surface area contributed by atoms with Gasteiger partial charge in [-0.3, -0.25) is 27.7 Å². The summed E-state index contributed by atoms with van der Waals surface area (Å²) >= 11 is 0. The van der Waals surface area contributed by atoms with E-state index in [-0.39, 0.29) is 12.8 Å². The lowest BCUT2D eigenvalue weighted by Gasteiger charge is -2.45. The molecule has 404 valence electrons. The number of nitrogens with two attached hydrogens (primary N) is 5. The van der Waals surface area contributed by atoms with Gasteiger partial charge in [0.15, 0.2) is 6.10 Å². The highest BCUT2D eigenvalue weighted by molar-refractivity contribution is 7.49. The molecule has 0 amide bonds. The van der Waals surface area contributed by atoms with Gasteiger partial charge in [0.05, 0.1) is 6.61 Å². The number of phosphoric acid groups is 3. The van der Waals surface area contributed by atoms with E-state index in [4.69, 9.17) is 57.1 Å². The molecule has 1 unspecified atom stereocenters. The number of phosphoric ester groups is 1. The van der Waals surface area contributed by atoms with Crippen LogP contribution in [0.2, 0.25) is 0 Å². The van der Waals surface area contributed by atoms with Gasteiger partial charge >= 0.3 is 35.4 Å². The van der Waals surface area contributed by atoms with Gasteiger partial charge in [-0.15, -0.1) is 0 Å². The minimum absolute atomic E-state index is 0.0197. The average molecular weight is 1050 g/mol. The molecule has 0 radical (unpaired) electrons. The second kappa shape index (κ2) is 38.6. The predicted molar refractivity (Wildman–Crippen MR) is 249 cm³/mol. The van der Waals surface area contributed by atoms with Crippen molar-refractivity contribution in [1.29, 1.82) is 0 Å². The van der Waals surface area contributed by atoms with E-state index in [2.05, 4.69) is 37.0 Å². The molecular formula is C41H86N5O19P3. The van der Waals surface area contributed by atoms with Crippen LogP contribution in [-0.4, -0.2) is 83.2 Å². The number of aliphatic hydroxyl groups is 3. The van der Waals surface area contributed by atoms with Gasteiger partial charge in [0.25, 0.3) is 0 Å². The van der Waals surface area contributed by atoms with Crippen LogP contribution in [0.5, 0.6) is 0 Å². The molecule has 27 heteroatoms.